The summed E-state index contributed by atoms with van der Waals surface area (Å²) in [5.74, 6) is 1.70. The highest BCUT2D eigenvalue weighted by Gasteiger charge is 2.57. The Morgan fingerprint density at radius 1 is 1.14 bits per heavy atom. The normalized spacial score (nSPS) is 36.7. The molecule has 120 valence electrons. The fourth-order valence-corrected chi connectivity index (χ4v) is 7.94. The second-order valence-corrected chi connectivity index (χ2v) is 10.2. The van der Waals surface area contributed by atoms with Crippen LogP contribution in [0.15, 0.2) is 23.1 Å². The number of sulfone groups is 1. The third-order valence-corrected chi connectivity index (χ3v) is 8.70. The van der Waals surface area contributed by atoms with Crippen LogP contribution in [0.1, 0.15) is 44.1 Å². The van der Waals surface area contributed by atoms with Gasteiger partial charge in [0.25, 0.3) is 5.56 Å². The molecule has 0 atom stereocenters. The Balaban J connectivity index is 1.69. The van der Waals surface area contributed by atoms with E-state index >= 15 is 0 Å². The van der Waals surface area contributed by atoms with Crippen molar-refractivity contribution in [2.45, 2.75) is 49.0 Å². The van der Waals surface area contributed by atoms with Gasteiger partial charge in [0.2, 0.25) is 0 Å². The van der Waals surface area contributed by atoms with E-state index in [9.17, 15) is 13.2 Å². The first-order valence-corrected chi connectivity index (χ1v) is 9.91. The largest absolute Gasteiger partial charge is 0.318 e. The van der Waals surface area contributed by atoms with Gasteiger partial charge < -0.3 is 4.57 Å². The topological polar surface area (TPSA) is 56.1 Å². The lowest BCUT2D eigenvalue weighted by Crippen LogP contribution is -2.55. The number of aromatic nitrogens is 1. The number of nitrogens with zero attached hydrogens (tertiary/aromatic N) is 1. The van der Waals surface area contributed by atoms with Crippen molar-refractivity contribution in [2.24, 2.45) is 24.8 Å². The molecule has 0 N–H and O–H groups in total. The summed E-state index contributed by atoms with van der Waals surface area (Å²) in [6, 6.07) is 3.42. The van der Waals surface area contributed by atoms with Gasteiger partial charge in [-0.15, -0.1) is 0 Å². The molecule has 0 saturated heterocycles. The fourth-order valence-electron chi connectivity index (χ4n) is 5.53. The molecule has 0 amide bonds. The quantitative estimate of drug-likeness (QED) is 0.858. The molecule has 0 radical (unpaired) electrons. The van der Waals surface area contributed by atoms with E-state index in [-0.39, 0.29) is 11.3 Å². The highest BCUT2D eigenvalue weighted by atomic mass is 32.2. The second kappa shape index (κ2) is 4.70. The van der Waals surface area contributed by atoms with Gasteiger partial charge in [-0.05, 0) is 62.3 Å². The van der Waals surface area contributed by atoms with Crippen molar-refractivity contribution in [1.82, 2.24) is 4.57 Å². The Bertz CT molecular complexity index is 727. The van der Waals surface area contributed by atoms with Crippen LogP contribution >= 0.6 is 0 Å². The van der Waals surface area contributed by atoms with Gasteiger partial charge in [0.15, 0.2) is 9.84 Å². The lowest BCUT2D eigenvalue weighted by Gasteiger charge is -2.55. The summed E-state index contributed by atoms with van der Waals surface area (Å²) in [6.45, 7) is 0. The van der Waals surface area contributed by atoms with Crippen LogP contribution in [0, 0.1) is 17.8 Å². The Kier molecular flexibility index (Phi) is 3.09. The van der Waals surface area contributed by atoms with Crippen molar-refractivity contribution in [1.29, 1.82) is 0 Å². The average molecular weight is 321 g/mol. The van der Waals surface area contributed by atoms with Gasteiger partial charge in [-0.25, -0.2) is 8.42 Å². The molecule has 4 saturated carbocycles. The lowest BCUT2D eigenvalue weighted by molar-refractivity contribution is 0.0338. The van der Waals surface area contributed by atoms with Gasteiger partial charge in [-0.3, -0.25) is 4.79 Å². The van der Waals surface area contributed by atoms with Crippen LogP contribution in [0.25, 0.3) is 0 Å². The third-order valence-electron chi connectivity index (χ3n) is 6.19. The second-order valence-electron chi connectivity index (χ2n) is 7.81. The van der Waals surface area contributed by atoms with Crippen molar-refractivity contribution >= 4 is 9.84 Å². The van der Waals surface area contributed by atoms with Gasteiger partial charge in [-0.1, -0.05) is 6.07 Å². The molecule has 1 heterocycles. The van der Waals surface area contributed by atoms with E-state index in [4.69, 9.17) is 0 Å². The first-order valence-electron chi connectivity index (χ1n) is 8.25. The van der Waals surface area contributed by atoms with Crippen molar-refractivity contribution < 1.29 is 8.42 Å². The average Bonchev–Trinajstić information content (AvgIpc) is 2.42. The van der Waals surface area contributed by atoms with Gasteiger partial charge in [0.1, 0.15) is 0 Å². The maximum atomic E-state index is 13.2. The van der Waals surface area contributed by atoms with E-state index < -0.39 is 14.6 Å². The minimum Gasteiger partial charge on any atom is -0.318 e. The van der Waals surface area contributed by atoms with Gasteiger partial charge >= 0.3 is 0 Å². The zero-order valence-electron chi connectivity index (χ0n) is 13.0. The summed E-state index contributed by atoms with van der Waals surface area (Å²) in [7, 11) is -1.62. The number of rotatable bonds is 3. The fraction of sp³-hybridized carbons (Fsp3) is 0.706. The maximum absolute atomic E-state index is 13.2. The Labute approximate surface area is 131 Å². The summed E-state index contributed by atoms with van der Waals surface area (Å²) in [6.07, 6.45) is 7.83. The molecule has 1 aromatic heterocycles. The zero-order chi connectivity index (χ0) is 15.5. The molecule has 4 nitrogen and oxygen atoms in total. The minimum absolute atomic E-state index is 0.0906. The number of hydrogen-bond acceptors (Lipinski definition) is 3. The number of pyridine rings is 1. The Morgan fingerprint density at radius 3 is 2.23 bits per heavy atom. The molecule has 4 bridgehead atoms. The molecule has 0 aliphatic heterocycles. The summed E-state index contributed by atoms with van der Waals surface area (Å²) in [5, 5.41) is 0. The van der Waals surface area contributed by atoms with E-state index in [1.807, 2.05) is 0 Å². The zero-order valence-corrected chi connectivity index (χ0v) is 13.8. The predicted octanol–water partition coefficient (Wildman–Crippen LogP) is 2.27. The van der Waals surface area contributed by atoms with Crippen LogP contribution in [-0.2, 0) is 22.6 Å². The van der Waals surface area contributed by atoms with E-state index in [1.165, 1.54) is 23.8 Å². The van der Waals surface area contributed by atoms with Crippen LogP contribution in [0.4, 0.5) is 0 Å². The van der Waals surface area contributed by atoms with Crippen molar-refractivity contribution in [3.63, 3.8) is 0 Å². The predicted molar refractivity (Wildman–Crippen MR) is 85.2 cm³/mol. The van der Waals surface area contributed by atoms with Crippen molar-refractivity contribution in [3.8, 4) is 0 Å². The van der Waals surface area contributed by atoms with Crippen molar-refractivity contribution in [3.05, 3.63) is 34.2 Å². The Morgan fingerprint density at radius 2 is 1.68 bits per heavy atom. The molecule has 5 heteroatoms. The molecule has 4 aliphatic rings. The molecule has 4 aliphatic carbocycles. The number of aryl methyl sites for hydroxylation is 1. The molecule has 22 heavy (non-hydrogen) atoms. The summed E-state index contributed by atoms with van der Waals surface area (Å²) >= 11 is 0. The SMILES string of the molecule is Cn1cccc(CS(=O)(=O)C23CC4CC(CC(C4)C2)C3)c1=O. The first kappa shape index (κ1) is 14.5. The minimum atomic E-state index is -3.28. The third kappa shape index (κ3) is 2.08. The summed E-state index contributed by atoms with van der Waals surface area (Å²) in [4.78, 5) is 12.2. The van der Waals surface area contributed by atoms with E-state index in [0.717, 1.165) is 19.3 Å². The molecular weight excluding hydrogens is 298 g/mol. The van der Waals surface area contributed by atoms with Crippen LogP contribution in [0.2, 0.25) is 0 Å². The highest BCUT2D eigenvalue weighted by Crippen LogP contribution is 2.58. The summed E-state index contributed by atoms with van der Waals surface area (Å²) < 4.78 is 27.3. The molecule has 1 aromatic rings. The molecule has 0 unspecified atom stereocenters. The van der Waals surface area contributed by atoms with E-state index in [0.29, 0.717) is 23.3 Å². The maximum Gasteiger partial charge on any atom is 0.254 e. The lowest BCUT2D eigenvalue weighted by atomic mass is 9.56. The first-order chi connectivity index (χ1) is 10.4. The summed E-state index contributed by atoms with van der Waals surface area (Å²) in [5.41, 5.74) is 0.233. The van der Waals surface area contributed by atoms with E-state index in [2.05, 4.69) is 0 Å². The van der Waals surface area contributed by atoms with Gasteiger partial charge in [-0.2, -0.15) is 0 Å². The molecule has 4 fully saturated rings. The van der Waals surface area contributed by atoms with Gasteiger partial charge in [0.05, 0.1) is 10.5 Å². The smallest absolute Gasteiger partial charge is 0.254 e. The van der Waals surface area contributed by atoms with E-state index in [1.54, 1.807) is 25.4 Å². The molecule has 0 spiro atoms. The molecular formula is C17H23NO3S. The van der Waals surface area contributed by atoms with Crippen LogP contribution < -0.4 is 5.56 Å². The van der Waals surface area contributed by atoms with Crippen LogP contribution in [0.3, 0.4) is 0 Å². The molecule has 5 rings (SSSR count). The van der Waals surface area contributed by atoms with Crippen LogP contribution in [-0.4, -0.2) is 17.7 Å². The van der Waals surface area contributed by atoms with Gasteiger partial charge in [0, 0.05) is 18.8 Å². The Hall–Kier alpha value is -1.10. The standard InChI is InChI=1S/C17H23NO3S/c1-18-4-2-3-15(16(18)19)11-22(20,21)17-8-12-5-13(9-17)7-14(6-12)10-17/h2-4,12-14H,5-11H2,1H3. The monoisotopic (exact) mass is 321 g/mol. The number of hydrogen-bond donors (Lipinski definition) is 0. The highest BCUT2D eigenvalue weighted by molar-refractivity contribution is 7.92. The molecule has 0 aromatic carbocycles. The van der Waals surface area contributed by atoms with Crippen LogP contribution in [0.5, 0.6) is 0 Å². The van der Waals surface area contributed by atoms with Crippen molar-refractivity contribution in [2.75, 3.05) is 0 Å².